The number of carbonyl (C=O) groups is 1. The number of hydrogen-bond acceptors (Lipinski definition) is 5. The molecule has 5 rings (SSSR count). The average molecular weight is 423 g/mol. The maximum atomic E-state index is 13.0. The highest BCUT2D eigenvalue weighted by Crippen LogP contribution is 2.40. The molecule has 0 radical (unpaired) electrons. The molecule has 2 bridgehead atoms. The maximum Gasteiger partial charge on any atom is 0.260 e. The fraction of sp³-hybridized carbons (Fsp3) is 0.667. The smallest absolute Gasteiger partial charge is 0.260 e. The number of carbonyl (C=O) groups excluding carboxylic acids is 1. The number of sulfonamides is 1. The summed E-state index contributed by atoms with van der Waals surface area (Å²) in [6, 6.07) is 5.38. The van der Waals surface area contributed by atoms with Crippen molar-refractivity contribution in [1.29, 1.82) is 0 Å². The number of rotatable bonds is 2. The number of nitrogens with one attached hydrogen (secondary N) is 1. The summed E-state index contributed by atoms with van der Waals surface area (Å²) in [5.74, 6) is 1.08. The monoisotopic (exact) mass is 422 g/mol. The highest BCUT2D eigenvalue weighted by Gasteiger charge is 2.40. The lowest BCUT2D eigenvalue weighted by atomic mass is 9.80. The van der Waals surface area contributed by atoms with Gasteiger partial charge in [0.05, 0.1) is 25.0 Å². The van der Waals surface area contributed by atoms with Crippen molar-refractivity contribution >= 4 is 15.9 Å². The van der Waals surface area contributed by atoms with Crippen LogP contribution in [0.15, 0.2) is 18.2 Å². The molecule has 8 heteroatoms. The van der Waals surface area contributed by atoms with E-state index in [1.165, 1.54) is 11.1 Å². The molecule has 3 aliphatic heterocycles. The molecule has 2 atom stereocenters. The molecule has 1 aromatic carbocycles. The first-order chi connectivity index (χ1) is 13.8. The van der Waals surface area contributed by atoms with E-state index in [1.54, 1.807) is 4.90 Å². The van der Waals surface area contributed by atoms with E-state index in [2.05, 4.69) is 17.7 Å². The van der Waals surface area contributed by atoms with E-state index in [0.717, 1.165) is 37.7 Å². The maximum absolute atomic E-state index is 13.0. The third-order valence-corrected chi connectivity index (χ3v) is 7.18. The minimum atomic E-state index is -3.36. The Morgan fingerprint density at radius 1 is 1.14 bits per heavy atom. The van der Waals surface area contributed by atoms with Crippen LogP contribution < -0.4 is 9.46 Å². The highest BCUT2D eigenvalue weighted by molar-refractivity contribution is 7.88. The Balaban J connectivity index is 1.61. The zero-order chi connectivity index (χ0) is 20.6. The third kappa shape index (κ3) is 4.59. The number of ether oxygens (including phenoxy) is 2. The highest BCUT2D eigenvalue weighted by atomic mass is 32.2. The third-order valence-electron chi connectivity index (χ3n) is 6.45. The van der Waals surface area contributed by atoms with E-state index in [0.29, 0.717) is 25.5 Å². The second kappa shape index (κ2) is 8.24. The van der Waals surface area contributed by atoms with E-state index in [-0.39, 0.29) is 30.7 Å². The summed E-state index contributed by atoms with van der Waals surface area (Å²) in [4.78, 5) is 14.7. The van der Waals surface area contributed by atoms with Crippen molar-refractivity contribution in [3.05, 3.63) is 29.3 Å². The number of nitrogens with zero attached hydrogens (tertiary/aromatic N) is 1. The van der Waals surface area contributed by atoms with Crippen LogP contribution in [0, 0.1) is 6.92 Å². The quantitative estimate of drug-likeness (QED) is 0.787. The van der Waals surface area contributed by atoms with Gasteiger partial charge in [-0.1, -0.05) is 12.1 Å². The molecule has 2 fully saturated rings. The zero-order valence-electron chi connectivity index (χ0n) is 17.1. The van der Waals surface area contributed by atoms with Crippen LogP contribution in [0.4, 0.5) is 0 Å². The first-order valence-electron chi connectivity index (χ1n) is 10.4. The first kappa shape index (κ1) is 20.6. The molecule has 0 aromatic heterocycles. The van der Waals surface area contributed by atoms with Gasteiger partial charge < -0.3 is 14.4 Å². The lowest BCUT2D eigenvalue weighted by Crippen LogP contribution is -2.50. The lowest BCUT2D eigenvalue weighted by molar-refractivity contribution is -0.136. The second-order valence-electron chi connectivity index (χ2n) is 8.52. The van der Waals surface area contributed by atoms with E-state index in [1.807, 2.05) is 12.1 Å². The first-order valence-corrected chi connectivity index (χ1v) is 12.3. The predicted octanol–water partition coefficient (Wildman–Crippen LogP) is 1.95. The van der Waals surface area contributed by atoms with E-state index in [9.17, 15) is 13.2 Å². The van der Waals surface area contributed by atoms with Crippen LogP contribution in [-0.4, -0.2) is 63.4 Å². The molecule has 29 heavy (non-hydrogen) atoms. The molecule has 0 spiro atoms. The summed E-state index contributed by atoms with van der Waals surface area (Å²) < 4.78 is 38.5. The van der Waals surface area contributed by atoms with Gasteiger partial charge in [0.15, 0.2) is 6.61 Å². The van der Waals surface area contributed by atoms with Crippen molar-refractivity contribution in [1.82, 2.24) is 9.62 Å². The SMILES string of the molecule is Cc1cccc2c1C1CCC(CC1)OC[C@H]1[C@@H](NS(C)(=O)=O)CCN1C(=O)CO2. The van der Waals surface area contributed by atoms with Crippen molar-refractivity contribution in [2.45, 2.75) is 63.1 Å². The molecule has 0 unspecified atom stereocenters. The Morgan fingerprint density at radius 2 is 1.90 bits per heavy atom. The summed E-state index contributed by atoms with van der Waals surface area (Å²) in [6.07, 6.45) is 5.86. The summed E-state index contributed by atoms with van der Waals surface area (Å²) in [6.45, 7) is 2.90. The number of benzene rings is 1. The molecule has 1 aromatic rings. The molecule has 1 amide bonds. The van der Waals surface area contributed by atoms with Gasteiger partial charge in [-0.05, 0) is 56.6 Å². The van der Waals surface area contributed by atoms with Gasteiger partial charge in [-0.15, -0.1) is 0 Å². The Hall–Kier alpha value is -1.64. The van der Waals surface area contributed by atoms with E-state index in [4.69, 9.17) is 9.47 Å². The predicted molar refractivity (Wildman–Crippen MR) is 110 cm³/mol. The summed E-state index contributed by atoms with van der Waals surface area (Å²) in [7, 11) is -3.36. The Kier molecular flexibility index (Phi) is 5.86. The van der Waals surface area contributed by atoms with Crippen LogP contribution >= 0.6 is 0 Å². The molecule has 1 N–H and O–H groups in total. The van der Waals surface area contributed by atoms with Crippen molar-refractivity contribution in [3.63, 3.8) is 0 Å². The minimum Gasteiger partial charge on any atom is -0.483 e. The normalized spacial score (nSPS) is 30.6. The Labute approximate surface area is 172 Å². The van der Waals surface area contributed by atoms with Crippen LogP contribution in [0.1, 0.15) is 49.1 Å². The number of aryl methyl sites for hydroxylation is 1. The number of amides is 1. The number of hydrogen-bond donors (Lipinski definition) is 1. The molecule has 1 saturated carbocycles. The van der Waals surface area contributed by atoms with Crippen LogP contribution in [0.3, 0.4) is 0 Å². The fourth-order valence-corrected chi connectivity index (χ4v) is 5.88. The lowest BCUT2D eigenvalue weighted by Gasteiger charge is -2.32. The zero-order valence-corrected chi connectivity index (χ0v) is 17.9. The fourth-order valence-electron chi connectivity index (χ4n) is 5.06. The average Bonchev–Trinajstić information content (AvgIpc) is 3.05. The van der Waals surface area contributed by atoms with Crippen LogP contribution in [0.5, 0.6) is 5.75 Å². The van der Waals surface area contributed by atoms with Gasteiger partial charge >= 0.3 is 0 Å². The van der Waals surface area contributed by atoms with Gasteiger partial charge in [-0.25, -0.2) is 13.1 Å². The molecule has 3 heterocycles. The molecule has 4 aliphatic rings. The topological polar surface area (TPSA) is 84.9 Å². The van der Waals surface area contributed by atoms with Gasteiger partial charge in [0.2, 0.25) is 10.0 Å². The molecule has 160 valence electrons. The molecule has 1 saturated heterocycles. The molecular formula is C21H30N2O5S. The Morgan fingerprint density at radius 3 is 2.62 bits per heavy atom. The van der Waals surface area contributed by atoms with Crippen LogP contribution in [-0.2, 0) is 19.6 Å². The Bertz CT molecular complexity index is 864. The number of fused-ring (bicyclic) bond motifs is 5. The summed E-state index contributed by atoms with van der Waals surface area (Å²) in [5.41, 5.74) is 2.42. The molecular weight excluding hydrogens is 392 g/mol. The largest absolute Gasteiger partial charge is 0.483 e. The van der Waals surface area contributed by atoms with E-state index < -0.39 is 10.0 Å². The standard InChI is InChI=1S/C21H30N2O5S/c1-14-4-3-5-19-21(14)15-6-8-16(9-7-15)27-12-18-17(22-29(2,25)26)10-11-23(18)20(24)13-28-19/h3-5,15-18,22H,6-13H2,1-2H3/t15?,16?,17-,18-/m0/s1. The molecule has 7 nitrogen and oxygen atoms in total. The van der Waals surface area contributed by atoms with Gasteiger partial charge in [0, 0.05) is 18.2 Å². The van der Waals surface area contributed by atoms with Crippen LogP contribution in [0.2, 0.25) is 0 Å². The van der Waals surface area contributed by atoms with Gasteiger partial charge in [-0.3, -0.25) is 4.79 Å². The van der Waals surface area contributed by atoms with Gasteiger partial charge in [0.25, 0.3) is 5.91 Å². The van der Waals surface area contributed by atoms with Gasteiger partial charge in [0.1, 0.15) is 5.75 Å². The summed E-state index contributed by atoms with van der Waals surface area (Å²) in [5, 5.41) is 0. The van der Waals surface area contributed by atoms with Crippen molar-refractivity contribution in [2.75, 3.05) is 26.0 Å². The van der Waals surface area contributed by atoms with Crippen LogP contribution in [0.25, 0.3) is 0 Å². The van der Waals surface area contributed by atoms with Crippen molar-refractivity contribution in [2.24, 2.45) is 0 Å². The summed E-state index contributed by atoms with van der Waals surface area (Å²) >= 11 is 0. The van der Waals surface area contributed by atoms with Crippen molar-refractivity contribution < 1.29 is 22.7 Å². The van der Waals surface area contributed by atoms with Gasteiger partial charge in [-0.2, -0.15) is 0 Å². The van der Waals surface area contributed by atoms with Crippen molar-refractivity contribution in [3.8, 4) is 5.75 Å². The van der Waals surface area contributed by atoms with E-state index >= 15 is 0 Å². The minimum absolute atomic E-state index is 0.0469. The molecule has 1 aliphatic carbocycles. The second-order valence-corrected chi connectivity index (χ2v) is 10.3.